The van der Waals surface area contributed by atoms with Crippen LogP contribution in [0, 0.1) is 10.1 Å². The molecule has 2 aromatic carbocycles. The summed E-state index contributed by atoms with van der Waals surface area (Å²) in [5.41, 5.74) is -0.107. The molecule has 2 aromatic rings. The second-order valence-corrected chi connectivity index (χ2v) is 8.77. The molecule has 2 heterocycles. The fraction of sp³-hybridized carbons (Fsp3) is 0.368. The van der Waals surface area contributed by atoms with Gasteiger partial charge in [-0.05, 0) is 24.3 Å². The highest BCUT2D eigenvalue weighted by molar-refractivity contribution is 7.89. The topological polar surface area (TPSA) is 120 Å². The standard InChI is InChI=1S/C19H21N3O7S/c23-22(24)17-11-15(30(25,26)21-7-9-27-10-8-21)5-6-16(17)20-12-14-13-28-18-3-1-2-4-19(18)29-14/h1-6,11,14,20H,7-10,12-13H2/t14-/m1/s1. The molecule has 1 atom stereocenters. The van der Waals surface area contributed by atoms with E-state index in [1.165, 1.54) is 16.4 Å². The number of nitrogens with zero attached hydrogens (tertiary/aromatic N) is 2. The first-order valence-electron chi connectivity index (χ1n) is 9.44. The zero-order valence-corrected chi connectivity index (χ0v) is 16.8. The molecule has 1 fully saturated rings. The first-order valence-corrected chi connectivity index (χ1v) is 10.9. The van der Waals surface area contributed by atoms with Crippen LogP contribution in [-0.2, 0) is 14.8 Å². The number of ether oxygens (including phenoxy) is 3. The van der Waals surface area contributed by atoms with Gasteiger partial charge in [0.05, 0.1) is 29.6 Å². The minimum absolute atomic E-state index is 0.118. The number of sulfonamides is 1. The van der Waals surface area contributed by atoms with Gasteiger partial charge in [-0.3, -0.25) is 10.1 Å². The average Bonchev–Trinajstić information content (AvgIpc) is 2.78. The quantitative estimate of drug-likeness (QED) is 0.539. The van der Waals surface area contributed by atoms with Gasteiger partial charge in [0.15, 0.2) is 11.5 Å². The molecule has 30 heavy (non-hydrogen) atoms. The molecule has 0 aliphatic carbocycles. The molecule has 160 valence electrons. The number of nitrogens with one attached hydrogen (secondary N) is 1. The number of anilines is 1. The van der Waals surface area contributed by atoms with Gasteiger partial charge in [0.1, 0.15) is 18.4 Å². The largest absolute Gasteiger partial charge is 0.486 e. The summed E-state index contributed by atoms with van der Waals surface area (Å²) in [5.74, 6) is 1.26. The van der Waals surface area contributed by atoms with Crippen LogP contribution >= 0.6 is 0 Å². The molecule has 0 amide bonds. The van der Waals surface area contributed by atoms with Crippen molar-refractivity contribution >= 4 is 21.4 Å². The summed E-state index contributed by atoms with van der Waals surface area (Å²) in [5, 5.41) is 14.6. The van der Waals surface area contributed by atoms with Crippen molar-refractivity contribution in [3.8, 4) is 11.5 Å². The third-order valence-electron chi connectivity index (χ3n) is 4.86. The SMILES string of the molecule is O=[N+]([O-])c1cc(S(=O)(=O)N2CCOCC2)ccc1NC[C@@H]1COc2ccccc2O1. The van der Waals surface area contributed by atoms with Crippen molar-refractivity contribution in [2.45, 2.75) is 11.0 Å². The Balaban J connectivity index is 1.49. The zero-order chi connectivity index (χ0) is 21.1. The summed E-state index contributed by atoms with van der Waals surface area (Å²) in [6, 6.07) is 11.1. The van der Waals surface area contributed by atoms with Gasteiger partial charge in [-0.15, -0.1) is 0 Å². The summed E-state index contributed by atoms with van der Waals surface area (Å²) in [7, 11) is -3.83. The van der Waals surface area contributed by atoms with Crippen LogP contribution < -0.4 is 14.8 Å². The summed E-state index contributed by atoms with van der Waals surface area (Å²) in [4.78, 5) is 10.9. The fourth-order valence-electron chi connectivity index (χ4n) is 3.30. The van der Waals surface area contributed by atoms with Crippen LogP contribution in [0.5, 0.6) is 11.5 Å². The maximum absolute atomic E-state index is 12.8. The third kappa shape index (κ3) is 4.18. The Bertz CT molecular complexity index is 1040. The van der Waals surface area contributed by atoms with Crippen LogP contribution in [0.25, 0.3) is 0 Å². The van der Waals surface area contributed by atoms with Crippen molar-refractivity contribution < 1.29 is 27.6 Å². The molecule has 0 bridgehead atoms. The van der Waals surface area contributed by atoms with E-state index in [0.29, 0.717) is 31.3 Å². The van der Waals surface area contributed by atoms with Crippen LogP contribution in [-0.4, -0.2) is 63.2 Å². The number of benzene rings is 2. The van der Waals surface area contributed by atoms with Crippen molar-refractivity contribution in [2.75, 3.05) is 44.8 Å². The van der Waals surface area contributed by atoms with Gasteiger partial charge in [0.25, 0.3) is 5.69 Å². The number of rotatable bonds is 6. The van der Waals surface area contributed by atoms with E-state index >= 15 is 0 Å². The van der Waals surface area contributed by atoms with E-state index in [0.717, 1.165) is 6.07 Å². The molecule has 0 radical (unpaired) electrons. The molecule has 2 aliphatic rings. The lowest BCUT2D eigenvalue weighted by atomic mass is 10.2. The molecule has 1 saturated heterocycles. The number of para-hydroxylation sites is 2. The smallest absolute Gasteiger partial charge is 0.293 e. The van der Waals surface area contributed by atoms with Gasteiger partial charge >= 0.3 is 0 Å². The second-order valence-electron chi connectivity index (χ2n) is 6.83. The molecule has 2 aliphatic heterocycles. The molecule has 11 heteroatoms. The Hall–Kier alpha value is -2.89. The van der Waals surface area contributed by atoms with E-state index in [1.807, 2.05) is 12.1 Å². The molecule has 10 nitrogen and oxygen atoms in total. The number of fused-ring (bicyclic) bond motifs is 1. The normalized spacial score (nSPS) is 19.3. The maximum Gasteiger partial charge on any atom is 0.293 e. The number of nitro groups is 1. The van der Waals surface area contributed by atoms with E-state index in [1.54, 1.807) is 12.1 Å². The molecular formula is C19H21N3O7S. The van der Waals surface area contributed by atoms with Gasteiger partial charge in [0, 0.05) is 19.2 Å². The van der Waals surface area contributed by atoms with Crippen LogP contribution in [0.3, 0.4) is 0 Å². The monoisotopic (exact) mass is 435 g/mol. The lowest BCUT2D eigenvalue weighted by molar-refractivity contribution is -0.384. The Labute approximate surface area is 173 Å². The lowest BCUT2D eigenvalue weighted by Gasteiger charge is -2.27. The number of nitro benzene ring substituents is 1. The van der Waals surface area contributed by atoms with Crippen LogP contribution in [0.1, 0.15) is 0 Å². The predicted molar refractivity (Wildman–Crippen MR) is 108 cm³/mol. The van der Waals surface area contributed by atoms with Crippen molar-refractivity contribution in [1.29, 1.82) is 0 Å². The summed E-state index contributed by atoms with van der Waals surface area (Å²) in [6.07, 6.45) is -0.351. The minimum atomic E-state index is -3.83. The van der Waals surface area contributed by atoms with Crippen LogP contribution in [0.4, 0.5) is 11.4 Å². The first kappa shape index (κ1) is 20.4. The highest BCUT2D eigenvalue weighted by Gasteiger charge is 2.29. The Morgan fingerprint density at radius 3 is 2.60 bits per heavy atom. The first-order chi connectivity index (χ1) is 14.4. The highest BCUT2D eigenvalue weighted by Crippen LogP contribution is 2.32. The van der Waals surface area contributed by atoms with Gasteiger partial charge in [-0.25, -0.2) is 8.42 Å². The Kier molecular flexibility index (Phi) is 5.75. The zero-order valence-electron chi connectivity index (χ0n) is 16.0. The van der Waals surface area contributed by atoms with Gasteiger partial charge in [-0.2, -0.15) is 4.31 Å². The Morgan fingerprint density at radius 2 is 1.87 bits per heavy atom. The second kappa shape index (κ2) is 8.46. The van der Waals surface area contributed by atoms with E-state index < -0.39 is 14.9 Å². The Morgan fingerprint density at radius 1 is 1.13 bits per heavy atom. The molecule has 1 N–H and O–H groups in total. The van der Waals surface area contributed by atoms with E-state index in [2.05, 4.69) is 5.32 Å². The van der Waals surface area contributed by atoms with Crippen molar-refractivity contribution in [2.24, 2.45) is 0 Å². The summed E-state index contributed by atoms with van der Waals surface area (Å²) >= 11 is 0. The van der Waals surface area contributed by atoms with Gasteiger partial charge in [0.2, 0.25) is 10.0 Å². The van der Waals surface area contributed by atoms with Gasteiger partial charge < -0.3 is 19.5 Å². The number of hydrogen-bond donors (Lipinski definition) is 1. The van der Waals surface area contributed by atoms with Crippen LogP contribution in [0.2, 0.25) is 0 Å². The van der Waals surface area contributed by atoms with E-state index in [9.17, 15) is 18.5 Å². The van der Waals surface area contributed by atoms with Gasteiger partial charge in [-0.1, -0.05) is 12.1 Å². The molecule has 0 aromatic heterocycles. The minimum Gasteiger partial charge on any atom is -0.486 e. The highest BCUT2D eigenvalue weighted by atomic mass is 32.2. The van der Waals surface area contributed by atoms with Crippen LogP contribution in [0.15, 0.2) is 47.4 Å². The molecule has 0 spiro atoms. The molecule has 0 saturated carbocycles. The van der Waals surface area contributed by atoms with Crippen molar-refractivity contribution in [3.63, 3.8) is 0 Å². The molecule has 0 unspecified atom stereocenters. The predicted octanol–water partition coefficient (Wildman–Crippen LogP) is 1.87. The lowest BCUT2D eigenvalue weighted by Crippen LogP contribution is -2.40. The third-order valence-corrected chi connectivity index (χ3v) is 6.76. The average molecular weight is 435 g/mol. The maximum atomic E-state index is 12.8. The van der Waals surface area contributed by atoms with Crippen molar-refractivity contribution in [1.82, 2.24) is 4.31 Å². The van der Waals surface area contributed by atoms with E-state index in [-0.39, 0.29) is 42.0 Å². The van der Waals surface area contributed by atoms with E-state index in [4.69, 9.17) is 14.2 Å². The summed E-state index contributed by atoms with van der Waals surface area (Å²) in [6.45, 7) is 1.58. The number of hydrogen-bond acceptors (Lipinski definition) is 8. The summed E-state index contributed by atoms with van der Waals surface area (Å²) < 4.78 is 43.5. The van der Waals surface area contributed by atoms with Crippen molar-refractivity contribution in [3.05, 3.63) is 52.6 Å². The molecular weight excluding hydrogens is 414 g/mol. The number of morpholine rings is 1. The fourth-order valence-corrected chi connectivity index (χ4v) is 4.72. The molecule has 4 rings (SSSR count).